The Labute approximate surface area is 142 Å². The first-order valence-corrected chi connectivity index (χ1v) is 9.02. The van der Waals surface area contributed by atoms with Gasteiger partial charge in [0.25, 0.3) is 0 Å². The molecule has 0 spiro atoms. The van der Waals surface area contributed by atoms with E-state index in [2.05, 4.69) is 45.7 Å². The fraction of sp³-hybridized carbons (Fsp3) is 0.600. The number of nitro groups is 1. The predicted octanol–water partition coefficient (Wildman–Crippen LogP) is 5.72. The molecule has 118 valence electrons. The van der Waals surface area contributed by atoms with Crippen LogP contribution in [0.15, 0.2) is 22.7 Å². The van der Waals surface area contributed by atoms with Crippen LogP contribution in [-0.4, -0.2) is 16.9 Å². The molecule has 0 aromatic heterocycles. The summed E-state index contributed by atoms with van der Waals surface area (Å²) in [6.07, 6.45) is 4.21. The molecule has 0 atom stereocenters. The summed E-state index contributed by atoms with van der Waals surface area (Å²) in [6.45, 7) is 4.78. The summed E-state index contributed by atoms with van der Waals surface area (Å²) in [5.41, 5.74) is 0.0330. The van der Waals surface area contributed by atoms with Crippen molar-refractivity contribution in [3.05, 3.63) is 32.8 Å². The first kappa shape index (κ1) is 18.4. The Kier molecular flexibility index (Phi) is 7.66. The van der Waals surface area contributed by atoms with E-state index < -0.39 is 4.92 Å². The number of nitrogens with zero attached hydrogens (tertiary/aromatic N) is 1. The van der Waals surface area contributed by atoms with Crippen molar-refractivity contribution in [1.29, 1.82) is 0 Å². The monoisotopic (exact) mass is 421 g/mol. The molecule has 1 aromatic rings. The Morgan fingerprint density at radius 1 is 1.29 bits per heavy atom. The van der Waals surface area contributed by atoms with Gasteiger partial charge in [0.2, 0.25) is 0 Å². The summed E-state index contributed by atoms with van der Waals surface area (Å²) in [4.78, 5) is 10.7. The Balaban J connectivity index is 2.92. The van der Waals surface area contributed by atoms with Crippen molar-refractivity contribution in [2.75, 3.05) is 11.9 Å². The fourth-order valence-corrected chi connectivity index (χ4v) is 3.56. The molecule has 0 saturated heterocycles. The van der Waals surface area contributed by atoms with Crippen molar-refractivity contribution >= 4 is 37.5 Å². The first-order valence-electron chi connectivity index (χ1n) is 7.10. The maximum Gasteiger partial charge on any atom is 0.312 e. The third kappa shape index (κ3) is 5.25. The lowest BCUT2D eigenvalue weighted by Crippen LogP contribution is -2.30. The van der Waals surface area contributed by atoms with Gasteiger partial charge in [0, 0.05) is 21.3 Å². The van der Waals surface area contributed by atoms with E-state index in [0.29, 0.717) is 16.8 Å². The van der Waals surface area contributed by atoms with Gasteiger partial charge in [-0.1, -0.05) is 58.5 Å². The Morgan fingerprint density at radius 3 is 2.38 bits per heavy atom. The maximum atomic E-state index is 11.1. The zero-order chi connectivity index (χ0) is 15.9. The lowest BCUT2D eigenvalue weighted by Gasteiger charge is -2.31. The minimum atomic E-state index is -0.407. The van der Waals surface area contributed by atoms with E-state index in [-0.39, 0.29) is 11.1 Å². The smallest absolute Gasteiger partial charge is 0.312 e. The van der Waals surface area contributed by atoms with Crippen LogP contribution in [-0.2, 0) is 0 Å². The van der Waals surface area contributed by atoms with Gasteiger partial charge in [0.1, 0.15) is 0 Å². The highest BCUT2D eigenvalue weighted by Gasteiger charge is 2.29. The van der Waals surface area contributed by atoms with Crippen LogP contribution >= 0.6 is 31.9 Å². The van der Waals surface area contributed by atoms with Crippen molar-refractivity contribution < 1.29 is 9.66 Å². The second kappa shape index (κ2) is 8.73. The molecule has 0 heterocycles. The molecular weight excluding hydrogens is 402 g/mol. The summed E-state index contributed by atoms with van der Waals surface area (Å²) >= 11 is 6.84. The Morgan fingerprint density at radius 2 is 1.90 bits per heavy atom. The largest absolute Gasteiger partial charge is 0.486 e. The second-order valence-electron chi connectivity index (χ2n) is 5.29. The fourth-order valence-electron chi connectivity index (χ4n) is 2.49. The molecule has 0 radical (unpaired) electrons. The van der Waals surface area contributed by atoms with Crippen LogP contribution in [0.25, 0.3) is 0 Å². The lowest BCUT2D eigenvalue weighted by molar-refractivity contribution is -0.386. The number of rotatable bonds is 9. The third-order valence-electron chi connectivity index (χ3n) is 3.50. The highest BCUT2D eigenvalue weighted by Crippen LogP contribution is 2.36. The van der Waals surface area contributed by atoms with E-state index in [0.717, 1.165) is 31.0 Å². The minimum absolute atomic E-state index is 0.000782. The number of benzene rings is 1. The molecule has 0 saturated carbocycles. The highest BCUT2D eigenvalue weighted by molar-refractivity contribution is 9.10. The van der Waals surface area contributed by atoms with Gasteiger partial charge in [-0.25, -0.2) is 0 Å². The van der Waals surface area contributed by atoms with Crippen molar-refractivity contribution in [2.45, 2.75) is 39.5 Å². The van der Waals surface area contributed by atoms with Crippen molar-refractivity contribution in [1.82, 2.24) is 0 Å². The molecular formula is C15H21Br2NO3. The SMILES string of the molecule is CCCC(CBr)(CCC)COc1ccc(Br)cc1[N+](=O)[O-]. The number of nitro benzene ring substituents is 1. The predicted molar refractivity (Wildman–Crippen MR) is 92.3 cm³/mol. The van der Waals surface area contributed by atoms with E-state index in [9.17, 15) is 10.1 Å². The highest BCUT2D eigenvalue weighted by atomic mass is 79.9. The molecule has 1 rings (SSSR count). The van der Waals surface area contributed by atoms with Gasteiger partial charge in [-0.05, 0) is 25.0 Å². The van der Waals surface area contributed by atoms with Crippen LogP contribution in [0.4, 0.5) is 5.69 Å². The number of hydrogen-bond acceptors (Lipinski definition) is 3. The summed E-state index contributed by atoms with van der Waals surface area (Å²) < 4.78 is 6.50. The molecule has 0 unspecified atom stereocenters. The molecule has 6 heteroatoms. The first-order chi connectivity index (χ1) is 9.98. The molecule has 1 aromatic carbocycles. The molecule has 0 fully saturated rings. The van der Waals surface area contributed by atoms with Gasteiger partial charge in [0.05, 0.1) is 11.5 Å². The molecule has 0 aliphatic carbocycles. The summed E-state index contributed by atoms with van der Waals surface area (Å²) in [6, 6.07) is 4.89. The normalized spacial score (nSPS) is 11.4. The van der Waals surface area contributed by atoms with Crippen molar-refractivity contribution in [3.63, 3.8) is 0 Å². The Bertz CT molecular complexity index is 474. The van der Waals surface area contributed by atoms with Gasteiger partial charge in [0.15, 0.2) is 5.75 Å². The van der Waals surface area contributed by atoms with E-state index in [1.807, 2.05) is 0 Å². The molecule has 4 nitrogen and oxygen atoms in total. The third-order valence-corrected chi connectivity index (χ3v) is 5.18. The average Bonchev–Trinajstić information content (AvgIpc) is 2.46. The minimum Gasteiger partial charge on any atom is -0.486 e. The van der Waals surface area contributed by atoms with E-state index in [1.54, 1.807) is 12.1 Å². The molecule has 0 amide bonds. The van der Waals surface area contributed by atoms with E-state index in [1.165, 1.54) is 6.07 Å². The van der Waals surface area contributed by atoms with Crippen LogP contribution < -0.4 is 4.74 Å². The second-order valence-corrected chi connectivity index (χ2v) is 6.77. The van der Waals surface area contributed by atoms with Crippen LogP contribution in [0.3, 0.4) is 0 Å². The summed E-state index contributed by atoms with van der Waals surface area (Å²) in [7, 11) is 0. The van der Waals surface area contributed by atoms with E-state index in [4.69, 9.17) is 4.74 Å². The number of alkyl halides is 1. The molecule has 0 aliphatic heterocycles. The van der Waals surface area contributed by atoms with Crippen LogP contribution in [0.1, 0.15) is 39.5 Å². The summed E-state index contributed by atoms with van der Waals surface area (Å²) in [5.74, 6) is 0.334. The van der Waals surface area contributed by atoms with Gasteiger partial charge >= 0.3 is 5.69 Å². The van der Waals surface area contributed by atoms with Crippen LogP contribution in [0, 0.1) is 15.5 Å². The number of halogens is 2. The topological polar surface area (TPSA) is 52.4 Å². The molecule has 0 bridgehead atoms. The molecule has 0 N–H and O–H groups in total. The lowest BCUT2D eigenvalue weighted by atomic mass is 9.82. The maximum absolute atomic E-state index is 11.1. The zero-order valence-electron chi connectivity index (χ0n) is 12.4. The standard InChI is InChI=1S/C15H21Br2NO3/c1-3-7-15(10-16,8-4-2)11-21-14-6-5-12(17)9-13(14)18(19)20/h5-6,9H,3-4,7-8,10-11H2,1-2H3. The van der Waals surface area contributed by atoms with E-state index >= 15 is 0 Å². The van der Waals surface area contributed by atoms with Crippen LogP contribution in [0.5, 0.6) is 5.75 Å². The average molecular weight is 423 g/mol. The molecule has 0 aliphatic rings. The zero-order valence-corrected chi connectivity index (χ0v) is 15.6. The van der Waals surface area contributed by atoms with Gasteiger partial charge in [-0.2, -0.15) is 0 Å². The van der Waals surface area contributed by atoms with Crippen molar-refractivity contribution in [3.8, 4) is 5.75 Å². The Hall–Kier alpha value is -0.620. The summed E-state index contributed by atoms with van der Waals surface area (Å²) in [5, 5.41) is 12.0. The molecule has 21 heavy (non-hydrogen) atoms. The van der Waals surface area contributed by atoms with Crippen molar-refractivity contribution in [2.24, 2.45) is 5.41 Å². The van der Waals surface area contributed by atoms with Gasteiger partial charge < -0.3 is 4.74 Å². The van der Waals surface area contributed by atoms with Gasteiger partial charge in [-0.3, -0.25) is 10.1 Å². The number of ether oxygens (including phenoxy) is 1. The van der Waals surface area contributed by atoms with Gasteiger partial charge in [-0.15, -0.1) is 0 Å². The number of hydrogen-bond donors (Lipinski definition) is 0. The van der Waals surface area contributed by atoms with Crippen LogP contribution in [0.2, 0.25) is 0 Å². The quantitative estimate of drug-likeness (QED) is 0.290.